The highest BCUT2D eigenvalue weighted by atomic mass is 32.2. The number of nitrogens with one attached hydrogen (secondary N) is 2. The lowest BCUT2D eigenvalue weighted by Gasteiger charge is -2.12. The lowest BCUT2D eigenvalue weighted by molar-refractivity contribution is 0.414. The summed E-state index contributed by atoms with van der Waals surface area (Å²) in [6.07, 6.45) is 2.14. The van der Waals surface area contributed by atoms with Gasteiger partial charge in [0.15, 0.2) is 0 Å². The Labute approximate surface area is 114 Å². The van der Waals surface area contributed by atoms with Crippen molar-refractivity contribution in [3.63, 3.8) is 0 Å². The summed E-state index contributed by atoms with van der Waals surface area (Å²) in [6, 6.07) is 7.39. The largest absolute Gasteiger partial charge is 0.497 e. The molecule has 0 saturated carbocycles. The summed E-state index contributed by atoms with van der Waals surface area (Å²) in [5, 5.41) is 3.26. The van der Waals surface area contributed by atoms with Crippen LogP contribution < -0.4 is 14.8 Å². The van der Waals surface area contributed by atoms with E-state index >= 15 is 0 Å². The molecule has 0 bridgehead atoms. The quantitative estimate of drug-likeness (QED) is 0.813. The Bertz CT molecular complexity index is 510. The van der Waals surface area contributed by atoms with E-state index in [0.717, 1.165) is 24.9 Å². The van der Waals surface area contributed by atoms with Gasteiger partial charge in [0, 0.05) is 12.6 Å². The minimum Gasteiger partial charge on any atom is -0.497 e. The fourth-order valence-corrected chi connectivity index (χ4v) is 3.37. The number of sulfonamides is 1. The third-order valence-corrected chi connectivity index (χ3v) is 4.52. The molecular formula is C13H20N2O3S. The molecule has 2 N–H and O–H groups in total. The highest BCUT2D eigenvalue weighted by molar-refractivity contribution is 7.88. The van der Waals surface area contributed by atoms with Crippen LogP contribution in [0.3, 0.4) is 0 Å². The summed E-state index contributed by atoms with van der Waals surface area (Å²) in [7, 11) is -1.73. The third-order valence-electron chi connectivity index (χ3n) is 3.20. The molecule has 1 atom stereocenters. The summed E-state index contributed by atoms with van der Waals surface area (Å²) in [6.45, 7) is 1.44. The first kappa shape index (κ1) is 14.3. The van der Waals surface area contributed by atoms with Gasteiger partial charge >= 0.3 is 0 Å². The Kier molecular flexibility index (Phi) is 4.79. The average molecular weight is 284 g/mol. The third kappa shape index (κ3) is 4.49. The van der Waals surface area contributed by atoms with E-state index in [4.69, 9.17) is 4.74 Å². The number of hydrogen-bond donors (Lipinski definition) is 2. The molecule has 0 spiro atoms. The normalized spacial score (nSPS) is 19.5. The van der Waals surface area contributed by atoms with Crippen LogP contribution in [0.2, 0.25) is 0 Å². The van der Waals surface area contributed by atoms with E-state index in [1.807, 2.05) is 0 Å². The molecule has 106 valence electrons. The second-order valence-corrected chi connectivity index (χ2v) is 6.56. The molecule has 0 aromatic heterocycles. The molecular weight excluding hydrogens is 264 g/mol. The number of benzene rings is 1. The fourth-order valence-electron chi connectivity index (χ4n) is 2.19. The van der Waals surface area contributed by atoms with Crippen LogP contribution in [0, 0.1) is 0 Å². The van der Waals surface area contributed by atoms with Crippen molar-refractivity contribution in [2.45, 2.75) is 24.6 Å². The van der Waals surface area contributed by atoms with Gasteiger partial charge in [0.1, 0.15) is 5.75 Å². The molecule has 0 aliphatic carbocycles. The minimum atomic E-state index is -3.29. The maximum absolute atomic E-state index is 12.0. The van der Waals surface area contributed by atoms with Crippen molar-refractivity contribution >= 4 is 10.0 Å². The van der Waals surface area contributed by atoms with E-state index < -0.39 is 10.0 Å². The molecule has 2 rings (SSSR count). The second kappa shape index (κ2) is 6.36. The Balaban J connectivity index is 1.91. The van der Waals surface area contributed by atoms with Gasteiger partial charge in [-0.2, -0.15) is 0 Å². The first-order valence-corrected chi connectivity index (χ1v) is 8.08. The summed E-state index contributed by atoms with van der Waals surface area (Å²) in [5.41, 5.74) is 0.728. The van der Waals surface area contributed by atoms with Gasteiger partial charge in [0.05, 0.1) is 12.9 Å². The molecule has 1 saturated heterocycles. The van der Waals surface area contributed by atoms with Crippen LogP contribution in [0.4, 0.5) is 0 Å². The van der Waals surface area contributed by atoms with Crippen LogP contribution in [-0.4, -0.2) is 34.7 Å². The van der Waals surface area contributed by atoms with Gasteiger partial charge in [-0.3, -0.25) is 0 Å². The zero-order valence-corrected chi connectivity index (χ0v) is 11.9. The van der Waals surface area contributed by atoms with Gasteiger partial charge in [-0.15, -0.1) is 0 Å². The van der Waals surface area contributed by atoms with E-state index in [2.05, 4.69) is 10.0 Å². The van der Waals surface area contributed by atoms with Crippen molar-refractivity contribution in [1.82, 2.24) is 10.0 Å². The molecule has 19 heavy (non-hydrogen) atoms. The van der Waals surface area contributed by atoms with Gasteiger partial charge in [-0.05, 0) is 37.1 Å². The van der Waals surface area contributed by atoms with Crippen LogP contribution in [0.1, 0.15) is 18.4 Å². The number of hydrogen-bond acceptors (Lipinski definition) is 4. The second-order valence-electron chi connectivity index (χ2n) is 4.75. The van der Waals surface area contributed by atoms with E-state index in [0.29, 0.717) is 12.3 Å². The van der Waals surface area contributed by atoms with Crippen LogP contribution in [0.15, 0.2) is 24.3 Å². The maximum atomic E-state index is 12.0. The van der Waals surface area contributed by atoms with Crippen LogP contribution >= 0.6 is 0 Å². The van der Waals surface area contributed by atoms with Gasteiger partial charge < -0.3 is 10.1 Å². The minimum absolute atomic E-state index is 0.0169. The zero-order chi connectivity index (χ0) is 13.7. The van der Waals surface area contributed by atoms with Gasteiger partial charge in [-0.25, -0.2) is 13.1 Å². The molecule has 0 radical (unpaired) electrons. The Morgan fingerprint density at radius 1 is 1.47 bits per heavy atom. The molecule has 1 aliphatic heterocycles. The standard InChI is InChI=1S/C13H20N2O3S/c1-18-13-6-2-4-11(8-13)10-19(16,17)15-9-12-5-3-7-14-12/h2,4,6,8,12,14-15H,3,5,7,9-10H2,1H3. The Hall–Kier alpha value is -1.11. The van der Waals surface area contributed by atoms with Crippen molar-refractivity contribution < 1.29 is 13.2 Å². The SMILES string of the molecule is COc1cccc(CS(=O)(=O)NCC2CCCN2)c1. The number of methoxy groups -OCH3 is 1. The highest BCUT2D eigenvalue weighted by Gasteiger charge is 2.18. The Morgan fingerprint density at radius 2 is 2.32 bits per heavy atom. The summed E-state index contributed by atoms with van der Waals surface area (Å²) in [5.74, 6) is 0.654. The molecule has 1 fully saturated rings. The molecule has 5 nitrogen and oxygen atoms in total. The first-order chi connectivity index (χ1) is 9.09. The van der Waals surface area contributed by atoms with Crippen LogP contribution in [0.5, 0.6) is 5.75 Å². The Morgan fingerprint density at radius 3 is 3.00 bits per heavy atom. The van der Waals surface area contributed by atoms with Gasteiger partial charge in [0.25, 0.3) is 0 Å². The van der Waals surface area contributed by atoms with E-state index in [1.165, 1.54) is 0 Å². The van der Waals surface area contributed by atoms with E-state index in [1.54, 1.807) is 31.4 Å². The fraction of sp³-hybridized carbons (Fsp3) is 0.538. The van der Waals surface area contributed by atoms with Crippen molar-refractivity contribution in [3.8, 4) is 5.75 Å². The van der Waals surface area contributed by atoms with Gasteiger partial charge in [0.2, 0.25) is 10.0 Å². The topological polar surface area (TPSA) is 67.4 Å². The predicted octanol–water partition coefficient (Wildman–Crippen LogP) is 0.867. The van der Waals surface area contributed by atoms with Gasteiger partial charge in [-0.1, -0.05) is 12.1 Å². The van der Waals surface area contributed by atoms with Crippen LogP contribution in [0.25, 0.3) is 0 Å². The smallest absolute Gasteiger partial charge is 0.215 e. The zero-order valence-electron chi connectivity index (χ0n) is 11.1. The lowest BCUT2D eigenvalue weighted by atomic mass is 10.2. The van der Waals surface area contributed by atoms with E-state index in [9.17, 15) is 8.42 Å². The monoisotopic (exact) mass is 284 g/mol. The molecule has 6 heteroatoms. The molecule has 1 aromatic carbocycles. The molecule has 1 aromatic rings. The van der Waals surface area contributed by atoms with Crippen LogP contribution in [-0.2, 0) is 15.8 Å². The molecule has 1 aliphatic rings. The maximum Gasteiger partial charge on any atom is 0.215 e. The van der Waals surface area contributed by atoms with Crippen molar-refractivity contribution in [3.05, 3.63) is 29.8 Å². The summed E-state index contributed by atoms with van der Waals surface area (Å²) >= 11 is 0. The number of rotatable bonds is 6. The van der Waals surface area contributed by atoms with Crippen molar-refractivity contribution in [2.75, 3.05) is 20.2 Å². The number of ether oxygens (including phenoxy) is 1. The van der Waals surface area contributed by atoms with E-state index in [-0.39, 0.29) is 11.8 Å². The summed E-state index contributed by atoms with van der Waals surface area (Å²) < 4.78 is 31.7. The van der Waals surface area contributed by atoms with Crippen molar-refractivity contribution in [1.29, 1.82) is 0 Å². The lowest BCUT2D eigenvalue weighted by Crippen LogP contribution is -2.37. The average Bonchev–Trinajstić information content (AvgIpc) is 2.89. The molecule has 1 unspecified atom stereocenters. The summed E-state index contributed by atoms with van der Waals surface area (Å²) in [4.78, 5) is 0. The first-order valence-electron chi connectivity index (χ1n) is 6.43. The van der Waals surface area contributed by atoms with Crippen molar-refractivity contribution in [2.24, 2.45) is 0 Å². The predicted molar refractivity (Wildman–Crippen MR) is 74.6 cm³/mol. The molecule has 1 heterocycles. The molecule has 0 amide bonds. The highest BCUT2D eigenvalue weighted by Crippen LogP contribution is 2.14.